The monoisotopic (exact) mass is 345 g/mol. The van der Waals surface area contributed by atoms with Gasteiger partial charge in [-0.25, -0.2) is 0 Å². The van der Waals surface area contributed by atoms with Gasteiger partial charge in [0.25, 0.3) is 0 Å². The molecule has 3 aromatic carbocycles. The van der Waals surface area contributed by atoms with Gasteiger partial charge in [0.05, 0.1) is 11.4 Å². The number of nitrogens with zero attached hydrogens (tertiary/aromatic N) is 1. The van der Waals surface area contributed by atoms with E-state index in [9.17, 15) is 0 Å². The lowest BCUT2D eigenvalue weighted by molar-refractivity contribution is 0.474. The number of hydrogen-bond acceptors (Lipinski definition) is 2. The van der Waals surface area contributed by atoms with Crippen LogP contribution in [0.15, 0.2) is 78.9 Å². The Labute approximate surface area is 157 Å². The quantitative estimate of drug-likeness (QED) is 0.500. The first-order valence-electron chi connectivity index (χ1n) is 9.43. The van der Waals surface area contributed by atoms with Crippen molar-refractivity contribution in [3.63, 3.8) is 0 Å². The Balaban J connectivity index is 0.000000170. The molecule has 0 bridgehead atoms. The largest absolute Gasteiger partial charge is 0.453 e. The van der Waals surface area contributed by atoms with Gasteiger partial charge in [0, 0.05) is 6.54 Å². The van der Waals surface area contributed by atoms with Crippen LogP contribution in [0.25, 0.3) is 0 Å². The van der Waals surface area contributed by atoms with Crippen LogP contribution < -0.4 is 9.64 Å². The minimum atomic E-state index is 0.709. The van der Waals surface area contributed by atoms with Gasteiger partial charge < -0.3 is 9.64 Å². The first-order chi connectivity index (χ1) is 12.7. The Bertz CT molecular complexity index is 783. The van der Waals surface area contributed by atoms with E-state index >= 15 is 0 Å². The fourth-order valence-electron chi connectivity index (χ4n) is 3.14. The lowest BCUT2D eigenvalue weighted by atomic mass is 9.99. The molecule has 0 fully saturated rings. The Morgan fingerprint density at radius 3 is 1.73 bits per heavy atom. The second-order valence-corrected chi connectivity index (χ2v) is 6.50. The van der Waals surface area contributed by atoms with Gasteiger partial charge in [-0.3, -0.25) is 0 Å². The van der Waals surface area contributed by atoms with E-state index in [0.29, 0.717) is 5.92 Å². The average Bonchev–Trinajstić information content (AvgIpc) is 2.72. The van der Waals surface area contributed by atoms with Crippen LogP contribution in [0.1, 0.15) is 38.7 Å². The molecular formula is C24H27NO. The third kappa shape index (κ3) is 3.91. The number of fused-ring (bicyclic) bond motifs is 2. The third-order valence-corrected chi connectivity index (χ3v) is 4.83. The fourth-order valence-corrected chi connectivity index (χ4v) is 3.14. The van der Waals surface area contributed by atoms with Crippen molar-refractivity contribution >= 4 is 11.4 Å². The van der Waals surface area contributed by atoms with Crippen molar-refractivity contribution in [1.82, 2.24) is 0 Å². The molecule has 1 aliphatic heterocycles. The molecule has 0 saturated carbocycles. The Hall–Kier alpha value is -2.74. The molecule has 2 nitrogen and oxygen atoms in total. The van der Waals surface area contributed by atoms with E-state index < -0.39 is 0 Å². The maximum Gasteiger partial charge on any atom is 0.151 e. The molecule has 0 amide bonds. The predicted octanol–water partition coefficient (Wildman–Crippen LogP) is 7.15. The van der Waals surface area contributed by atoms with Crippen molar-refractivity contribution in [3.8, 4) is 11.5 Å². The third-order valence-electron chi connectivity index (χ3n) is 4.83. The Kier molecular flexibility index (Phi) is 5.96. The first kappa shape index (κ1) is 18.1. The highest BCUT2D eigenvalue weighted by Crippen LogP contribution is 2.45. The summed E-state index contributed by atoms with van der Waals surface area (Å²) >= 11 is 0. The number of para-hydroxylation sites is 4. The van der Waals surface area contributed by atoms with Gasteiger partial charge in [0.15, 0.2) is 11.5 Å². The molecular weight excluding hydrogens is 318 g/mol. The number of anilines is 2. The molecule has 0 N–H and O–H groups in total. The number of benzene rings is 3. The van der Waals surface area contributed by atoms with E-state index in [2.05, 4.69) is 68.1 Å². The number of ether oxygens (including phenoxy) is 1. The smallest absolute Gasteiger partial charge is 0.151 e. The molecule has 2 heteroatoms. The van der Waals surface area contributed by atoms with Crippen molar-refractivity contribution in [1.29, 1.82) is 0 Å². The maximum atomic E-state index is 5.87. The van der Waals surface area contributed by atoms with Crippen LogP contribution in [0.5, 0.6) is 11.5 Å². The summed E-state index contributed by atoms with van der Waals surface area (Å²) in [6.45, 7) is 7.57. The molecule has 0 spiro atoms. The lowest BCUT2D eigenvalue weighted by Gasteiger charge is -2.31. The van der Waals surface area contributed by atoms with Crippen molar-refractivity contribution in [2.75, 3.05) is 11.4 Å². The second-order valence-electron chi connectivity index (χ2n) is 6.50. The number of rotatable bonds is 3. The fraction of sp³-hybridized carbons (Fsp3) is 0.250. The van der Waals surface area contributed by atoms with Gasteiger partial charge in [-0.2, -0.15) is 0 Å². The molecule has 26 heavy (non-hydrogen) atoms. The molecule has 134 valence electrons. The molecule has 0 aromatic heterocycles. The summed E-state index contributed by atoms with van der Waals surface area (Å²) in [6.07, 6.45) is 1.23. The summed E-state index contributed by atoms with van der Waals surface area (Å²) in [7, 11) is 0. The molecule has 0 saturated heterocycles. The topological polar surface area (TPSA) is 12.5 Å². The molecule has 4 rings (SSSR count). The summed E-state index contributed by atoms with van der Waals surface area (Å²) in [5.74, 6) is 2.58. The van der Waals surface area contributed by atoms with E-state index in [0.717, 1.165) is 29.4 Å². The van der Waals surface area contributed by atoms with Crippen molar-refractivity contribution < 1.29 is 4.74 Å². The van der Waals surface area contributed by atoms with Gasteiger partial charge in [-0.15, -0.1) is 0 Å². The van der Waals surface area contributed by atoms with Crippen LogP contribution >= 0.6 is 0 Å². The van der Waals surface area contributed by atoms with Crippen molar-refractivity contribution in [2.24, 2.45) is 0 Å². The van der Waals surface area contributed by atoms with Crippen LogP contribution in [0, 0.1) is 0 Å². The average molecular weight is 345 g/mol. The van der Waals surface area contributed by atoms with Crippen LogP contribution in [0.3, 0.4) is 0 Å². The summed E-state index contributed by atoms with van der Waals surface area (Å²) < 4.78 is 5.87. The summed E-state index contributed by atoms with van der Waals surface area (Å²) in [4.78, 5) is 2.27. The van der Waals surface area contributed by atoms with E-state index in [1.807, 2.05) is 36.4 Å². The molecule has 1 aliphatic rings. The molecule has 3 aromatic rings. The number of hydrogen-bond donors (Lipinski definition) is 0. The van der Waals surface area contributed by atoms with E-state index in [1.54, 1.807) is 0 Å². The minimum Gasteiger partial charge on any atom is -0.453 e. The van der Waals surface area contributed by atoms with Crippen LogP contribution in [0.4, 0.5) is 11.4 Å². The first-order valence-corrected chi connectivity index (χ1v) is 9.43. The van der Waals surface area contributed by atoms with Crippen LogP contribution in [0.2, 0.25) is 0 Å². The Morgan fingerprint density at radius 2 is 1.23 bits per heavy atom. The lowest BCUT2D eigenvalue weighted by Crippen LogP contribution is -2.20. The summed E-state index contributed by atoms with van der Waals surface area (Å²) in [5.41, 5.74) is 3.73. The highest BCUT2D eigenvalue weighted by molar-refractivity contribution is 5.77. The van der Waals surface area contributed by atoms with E-state index in [-0.39, 0.29) is 0 Å². The van der Waals surface area contributed by atoms with Gasteiger partial charge >= 0.3 is 0 Å². The zero-order valence-electron chi connectivity index (χ0n) is 15.9. The second kappa shape index (κ2) is 8.57. The molecule has 0 aliphatic carbocycles. The van der Waals surface area contributed by atoms with E-state index in [4.69, 9.17) is 4.74 Å². The zero-order chi connectivity index (χ0) is 18.4. The van der Waals surface area contributed by atoms with Crippen molar-refractivity contribution in [2.45, 2.75) is 33.1 Å². The maximum absolute atomic E-state index is 5.87. The van der Waals surface area contributed by atoms with Gasteiger partial charge in [-0.05, 0) is 49.1 Å². The minimum absolute atomic E-state index is 0.709. The highest BCUT2D eigenvalue weighted by Gasteiger charge is 2.21. The standard InChI is InChI=1S/C14H13NO.C10H14/c1-2-15-11-7-3-5-9-13(11)16-14-10-6-4-8-12(14)15;1-3-9(2)10-7-5-4-6-8-10/h3-10H,2H2,1H3;4-9H,3H2,1-2H3. The SMILES string of the molecule is CCC(C)c1ccccc1.CCN1c2ccccc2Oc2ccccc21. The van der Waals surface area contributed by atoms with Gasteiger partial charge in [0.2, 0.25) is 0 Å². The van der Waals surface area contributed by atoms with Gasteiger partial charge in [-0.1, -0.05) is 68.4 Å². The molecule has 0 radical (unpaired) electrons. The molecule has 1 atom stereocenters. The summed E-state index contributed by atoms with van der Waals surface area (Å²) in [6, 6.07) is 26.9. The summed E-state index contributed by atoms with van der Waals surface area (Å²) in [5, 5.41) is 0. The molecule has 1 heterocycles. The highest BCUT2D eigenvalue weighted by atomic mass is 16.5. The van der Waals surface area contributed by atoms with Crippen molar-refractivity contribution in [3.05, 3.63) is 84.4 Å². The van der Waals surface area contributed by atoms with Crippen LogP contribution in [-0.4, -0.2) is 6.54 Å². The zero-order valence-corrected chi connectivity index (χ0v) is 15.9. The Morgan fingerprint density at radius 1 is 0.731 bits per heavy atom. The normalized spacial score (nSPS) is 12.8. The molecule has 1 unspecified atom stereocenters. The predicted molar refractivity (Wildman–Crippen MR) is 111 cm³/mol. The van der Waals surface area contributed by atoms with E-state index in [1.165, 1.54) is 12.0 Å². The van der Waals surface area contributed by atoms with Crippen LogP contribution in [-0.2, 0) is 0 Å². The van der Waals surface area contributed by atoms with Gasteiger partial charge in [0.1, 0.15) is 0 Å².